The quantitative estimate of drug-likeness (QED) is 0.427. The SMILES string of the molecule is COc1ccc(OC)c(C(=O)COc2ccc3c(c2)OC(=Cc2cccn2C)C3=O)c1. The van der Waals surface area contributed by atoms with Crippen LogP contribution >= 0.6 is 0 Å². The summed E-state index contributed by atoms with van der Waals surface area (Å²) in [5, 5.41) is 0. The van der Waals surface area contributed by atoms with Crippen molar-refractivity contribution in [2.24, 2.45) is 7.05 Å². The molecule has 0 bridgehead atoms. The van der Waals surface area contributed by atoms with Crippen molar-refractivity contribution in [3.05, 3.63) is 77.3 Å². The van der Waals surface area contributed by atoms with Crippen molar-refractivity contribution < 1.29 is 28.5 Å². The van der Waals surface area contributed by atoms with E-state index in [1.54, 1.807) is 42.5 Å². The van der Waals surface area contributed by atoms with Gasteiger partial charge in [0.2, 0.25) is 11.6 Å². The van der Waals surface area contributed by atoms with Gasteiger partial charge in [-0.3, -0.25) is 9.59 Å². The molecular formula is C24H21NO6. The molecule has 158 valence electrons. The molecule has 0 amide bonds. The van der Waals surface area contributed by atoms with Crippen LogP contribution in [0.25, 0.3) is 6.08 Å². The molecule has 0 saturated carbocycles. The molecule has 2 aromatic carbocycles. The lowest BCUT2D eigenvalue weighted by molar-refractivity contribution is 0.0917. The zero-order valence-electron chi connectivity index (χ0n) is 17.4. The predicted octanol–water partition coefficient (Wildman–Crippen LogP) is 3.92. The average Bonchev–Trinajstić information content (AvgIpc) is 3.33. The third-order valence-corrected chi connectivity index (χ3v) is 4.98. The molecule has 7 nitrogen and oxygen atoms in total. The van der Waals surface area contributed by atoms with Crippen LogP contribution in [0.15, 0.2) is 60.5 Å². The number of nitrogens with zero attached hydrogens (tertiary/aromatic N) is 1. The summed E-state index contributed by atoms with van der Waals surface area (Å²) in [7, 11) is 4.91. The van der Waals surface area contributed by atoms with Crippen molar-refractivity contribution >= 4 is 17.6 Å². The van der Waals surface area contributed by atoms with Gasteiger partial charge in [0.05, 0.1) is 25.3 Å². The van der Waals surface area contributed by atoms with Gasteiger partial charge in [0.1, 0.15) is 23.0 Å². The number of hydrogen-bond donors (Lipinski definition) is 0. The molecule has 0 fully saturated rings. The Kier molecular flexibility index (Phi) is 5.49. The maximum absolute atomic E-state index is 12.7. The third kappa shape index (κ3) is 4.02. The van der Waals surface area contributed by atoms with Crippen LogP contribution in [0.2, 0.25) is 0 Å². The first-order chi connectivity index (χ1) is 15.0. The van der Waals surface area contributed by atoms with Gasteiger partial charge in [0.15, 0.2) is 12.4 Å². The topological polar surface area (TPSA) is 76.0 Å². The highest BCUT2D eigenvalue weighted by Gasteiger charge is 2.28. The Labute approximate surface area is 179 Å². The molecule has 0 spiro atoms. The molecule has 0 N–H and O–H groups in total. The van der Waals surface area contributed by atoms with Crippen LogP contribution in [0.5, 0.6) is 23.0 Å². The van der Waals surface area contributed by atoms with Crippen molar-refractivity contribution in [1.82, 2.24) is 4.57 Å². The number of carbonyl (C=O) groups is 2. The molecule has 0 atom stereocenters. The van der Waals surface area contributed by atoms with Crippen LogP contribution in [-0.2, 0) is 7.05 Å². The van der Waals surface area contributed by atoms with E-state index in [1.165, 1.54) is 14.2 Å². The smallest absolute Gasteiger partial charge is 0.232 e. The minimum Gasteiger partial charge on any atom is -0.497 e. The van der Waals surface area contributed by atoms with Crippen molar-refractivity contribution in [2.45, 2.75) is 0 Å². The minimum absolute atomic E-state index is 0.194. The number of aromatic nitrogens is 1. The molecule has 0 saturated heterocycles. The molecule has 1 aliphatic rings. The summed E-state index contributed by atoms with van der Waals surface area (Å²) in [5.41, 5.74) is 1.67. The highest BCUT2D eigenvalue weighted by molar-refractivity contribution is 6.14. The molecule has 4 rings (SSSR count). The summed E-state index contributed by atoms with van der Waals surface area (Å²) < 4.78 is 23.7. The number of carbonyl (C=O) groups excluding carboxylic acids is 2. The summed E-state index contributed by atoms with van der Waals surface area (Å²) in [6.45, 7) is -0.206. The van der Waals surface area contributed by atoms with Gasteiger partial charge in [-0.15, -0.1) is 0 Å². The molecule has 0 radical (unpaired) electrons. The van der Waals surface area contributed by atoms with Gasteiger partial charge in [0, 0.05) is 31.1 Å². The molecule has 3 aromatic rings. The summed E-state index contributed by atoms with van der Waals surface area (Å²) >= 11 is 0. The Hall–Kier alpha value is -4.00. The first kappa shape index (κ1) is 20.3. The Morgan fingerprint density at radius 1 is 1.06 bits per heavy atom. The lowest BCUT2D eigenvalue weighted by Crippen LogP contribution is -2.13. The van der Waals surface area contributed by atoms with Gasteiger partial charge in [-0.05, 0) is 42.5 Å². The standard InChI is InChI=1S/C24H21NO6/c1-25-10-4-5-15(25)11-23-24(27)18-8-6-17(13-22(18)31-23)30-14-20(26)19-12-16(28-2)7-9-21(19)29-3/h4-13H,14H2,1-3H3. The van der Waals surface area contributed by atoms with E-state index in [0.717, 1.165) is 5.69 Å². The monoisotopic (exact) mass is 419 g/mol. The fraction of sp³-hybridized carbons (Fsp3) is 0.167. The Morgan fingerprint density at radius 2 is 1.87 bits per heavy atom. The largest absolute Gasteiger partial charge is 0.497 e. The van der Waals surface area contributed by atoms with Gasteiger partial charge < -0.3 is 23.5 Å². The molecule has 1 aliphatic heterocycles. The second kappa shape index (κ2) is 8.39. The van der Waals surface area contributed by atoms with Crippen molar-refractivity contribution in [3.63, 3.8) is 0 Å². The number of Topliss-reactive ketones (excluding diaryl/α,β-unsaturated/α-hetero) is 2. The van der Waals surface area contributed by atoms with Crippen molar-refractivity contribution in [1.29, 1.82) is 0 Å². The molecule has 1 aromatic heterocycles. The van der Waals surface area contributed by atoms with E-state index in [0.29, 0.717) is 34.1 Å². The van der Waals surface area contributed by atoms with Crippen LogP contribution in [0, 0.1) is 0 Å². The third-order valence-electron chi connectivity index (χ3n) is 4.98. The molecule has 31 heavy (non-hydrogen) atoms. The number of ether oxygens (including phenoxy) is 4. The summed E-state index contributed by atoms with van der Waals surface area (Å²) in [4.78, 5) is 25.3. The zero-order chi connectivity index (χ0) is 22.0. The lowest BCUT2D eigenvalue weighted by Gasteiger charge is -2.11. The van der Waals surface area contributed by atoms with Gasteiger partial charge in [-0.1, -0.05) is 0 Å². The van der Waals surface area contributed by atoms with Crippen LogP contribution in [0.4, 0.5) is 0 Å². The highest BCUT2D eigenvalue weighted by atomic mass is 16.5. The number of methoxy groups -OCH3 is 2. The molecule has 0 aliphatic carbocycles. The first-order valence-corrected chi connectivity index (χ1v) is 9.58. The lowest BCUT2D eigenvalue weighted by atomic mass is 10.1. The second-order valence-electron chi connectivity index (χ2n) is 6.92. The van der Waals surface area contributed by atoms with Gasteiger partial charge in [-0.2, -0.15) is 0 Å². The van der Waals surface area contributed by atoms with Crippen molar-refractivity contribution in [2.75, 3.05) is 20.8 Å². The molecule has 2 heterocycles. The first-order valence-electron chi connectivity index (χ1n) is 9.58. The van der Waals surface area contributed by atoms with Gasteiger partial charge in [-0.25, -0.2) is 0 Å². The normalized spacial score (nSPS) is 13.6. The maximum Gasteiger partial charge on any atom is 0.232 e. The van der Waals surface area contributed by atoms with E-state index in [1.807, 2.05) is 29.9 Å². The number of allylic oxidation sites excluding steroid dienone is 1. The van der Waals surface area contributed by atoms with Crippen LogP contribution in [-0.4, -0.2) is 37.0 Å². The number of aryl methyl sites for hydroxylation is 1. The Morgan fingerprint density at radius 3 is 2.58 bits per heavy atom. The van der Waals surface area contributed by atoms with E-state index in [9.17, 15) is 9.59 Å². The average molecular weight is 419 g/mol. The van der Waals surface area contributed by atoms with E-state index in [2.05, 4.69) is 0 Å². The number of ketones is 2. The fourth-order valence-electron chi connectivity index (χ4n) is 3.27. The summed E-state index contributed by atoms with van der Waals surface area (Å²) in [5.74, 6) is 1.58. The minimum atomic E-state index is -0.266. The molecule has 7 heteroatoms. The number of fused-ring (bicyclic) bond motifs is 1. The van der Waals surface area contributed by atoms with E-state index in [4.69, 9.17) is 18.9 Å². The number of benzene rings is 2. The van der Waals surface area contributed by atoms with Crippen LogP contribution in [0.3, 0.4) is 0 Å². The number of hydrogen-bond acceptors (Lipinski definition) is 6. The van der Waals surface area contributed by atoms with Gasteiger partial charge in [0.25, 0.3) is 0 Å². The Bertz CT molecular complexity index is 1190. The maximum atomic E-state index is 12.7. The van der Waals surface area contributed by atoms with Gasteiger partial charge >= 0.3 is 0 Å². The molecular weight excluding hydrogens is 398 g/mol. The van der Waals surface area contributed by atoms with Crippen LogP contribution < -0.4 is 18.9 Å². The van der Waals surface area contributed by atoms with E-state index >= 15 is 0 Å². The van der Waals surface area contributed by atoms with E-state index < -0.39 is 0 Å². The Balaban J connectivity index is 1.49. The second-order valence-corrected chi connectivity index (χ2v) is 6.92. The predicted molar refractivity (Wildman–Crippen MR) is 114 cm³/mol. The van der Waals surface area contributed by atoms with Crippen molar-refractivity contribution in [3.8, 4) is 23.0 Å². The molecule has 0 unspecified atom stereocenters. The highest BCUT2D eigenvalue weighted by Crippen LogP contribution is 2.35. The summed E-state index contributed by atoms with van der Waals surface area (Å²) in [6.07, 6.45) is 3.58. The van der Waals surface area contributed by atoms with E-state index in [-0.39, 0.29) is 23.9 Å². The summed E-state index contributed by atoms with van der Waals surface area (Å²) in [6, 6.07) is 13.6. The number of rotatable bonds is 7. The van der Waals surface area contributed by atoms with Crippen LogP contribution in [0.1, 0.15) is 26.4 Å². The fourth-order valence-corrected chi connectivity index (χ4v) is 3.27. The zero-order valence-corrected chi connectivity index (χ0v) is 17.4.